The number of ether oxygens (including phenoxy) is 3. The topological polar surface area (TPSA) is 44.8 Å². The molecule has 0 fully saturated rings. The Hall–Kier alpha value is -2.53. The molecule has 0 aromatic heterocycles. The van der Waals surface area contributed by atoms with Crippen molar-refractivity contribution < 1.29 is 19.0 Å². The van der Waals surface area contributed by atoms with Gasteiger partial charge in [-0.1, -0.05) is 28.1 Å². The highest BCUT2D eigenvalue weighted by Crippen LogP contribution is 2.24. The monoisotopic (exact) mass is 386 g/mol. The highest BCUT2D eigenvalue weighted by Gasteiger charge is 2.07. The first-order valence-electron chi connectivity index (χ1n) is 7.31. The molecule has 5 heteroatoms. The van der Waals surface area contributed by atoms with Crippen LogP contribution < -0.4 is 14.2 Å². The number of halogens is 1. The lowest BCUT2D eigenvalue weighted by Crippen LogP contribution is -2.17. The fourth-order valence-corrected chi connectivity index (χ4v) is 2.61. The van der Waals surface area contributed by atoms with Crippen LogP contribution in [0.1, 0.15) is 0 Å². The van der Waals surface area contributed by atoms with Gasteiger partial charge in [0.15, 0.2) is 6.61 Å². The Kier molecular flexibility index (Phi) is 5.01. The lowest BCUT2D eigenvalue weighted by Gasteiger charge is -2.08. The molecule has 0 aliphatic carbocycles. The van der Waals surface area contributed by atoms with Crippen LogP contribution in [-0.2, 0) is 4.79 Å². The summed E-state index contributed by atoms with van der Waals surface area (Å²) in [5.41, 5.74) is 0. The van der Waals surface area contributed by atoms with Gasteiger partial charge in [-0.05, 0) is 59.3 Å². The predicted molar refractivity (Wildman–Crippen MR) is 95.8 cm³/mol. The molecule has 0 saturated carbocycles. The van der Waals surface area contributed by atoms with Gasteiger partial charge in [-0.15, -0.1) is 0 Å². The third-order valence-electron chi connectivity index (χ3n) is 3.42. The van der Waals surface area contributed by atoms with E-state index in [2.05, 4.69) is 15.9 Å². The maximum atomic E-state index is 11.9. The van der Waals surface area contributed by atoms with E-state index in [1.54, 1.807) is 37.4 Å². The number of carbonyl (C=O) groups is 1. The molecule has 0 atom stereocenters. The van der Waals surface area contributed by atoms with Crippen molar-refractivity contribution in [2.24, 2.45) is 0 Å². The summed E-state index contributed by atoms with van der Waals surface area (Å²) in [7, 11) is 1.59. The summed E-state index contributed by atoms with van der Waals surface area (Å²) < 4.78 is 16.8. The Bertz CT molecular complexity index is 859. The van der Waals surface area contributed by atoms with Crippen molar-refractivity contribution in [3.63, 3.8) is 0 Å². The van der Waals surface area contributed by atoms with E-state index < -0.39 is 5.97 Å². The summed E-state index contributed by atoms with van der Waals surface area (Å²) in [4.78, 5) is 11.9. The van der Waals surface area contributed by atoms with Gasteiger partial charge in [0.2, 0.25) is 0 Å². The van der Waals surface area contributed by atoms with Crippen LogP contribution in [0.5, 0.6) is 17.2 Å². The number of methoxy groups -OCH3 is 1. The second kappa shape index (κ2) is 7.36. The van der Waals surface area contributed by atoms with Crippen LogP contribution in [0.4, 0.5) is 0 Å². The summed E-state index contributed by atoms with van der Waals surface area (Å²) in [5, 5.41) is 2.07. The molecule has 0 unspecified atom stereocenters. The van der Waals surface area contributed by atoms with Gasteiger partial charge in [0.05, 0.1) is 7.11 Å². The van der Waals surface area contributed by atoms with Gasteiger partial charge in [-0.2, -0.15) is 0 Å². The molecule has 0 aliphatic rings. The Labute approximate surface area is 148 Å². The van der Waals surface area contributed by atoms with Gasteiger partial charge in [0.1, 0.15) is 17.2 Å². The third kappa shape index (κ3) is 4.06. The first-order valence-corrected chi connectivity index (χ1v) is 8.10. The van der Waals surface area contributed by atoms with Crippen LogP contribution in [0.15, 0.2) is 65.1 Å². The molecule has 24 heavy (non-hydrogen) atoms. The van der Waals surface area contributed by atoms with Crippen LogP contribution in [0.3, 0.4) is 0 Å². The molecular weight excluding hydrogens is 372 g/mol. The predicted octanol–water partition coefficient (Wildman–Crippen LogP) is 4.60. The van der Waals surface area contributed by atoms with E-state index in [9.17, 15) is 4.79 Å². The van der Waals surface area contributed by atoms with Crippen molar-refractivity contribution in [1.82, 2.24) is 0 Å². The Morgan fingerprint density at radius 2 is 1.50 bits per heavy atom. The summed E-state index contributed by atoms with van der Waals surface area (Å²) in [6, 6.07) is 18.4. The zero-order chi connectivity index (χ0) is 16.9. The van der Waals surface area contributed by atoms with Crippen molar-refractivity contribution in [1.29, 1.82) is 0 Å². The average Bonchev–Trinajstić information content (AvgIpc) is 2.60. The van der Waals surface area contributed by atoms with Crippen LogP contribution in [0.2, 0.25) is 0 Å². The molecule has 3 aromatic carbocycles. The Balaban J connectivity index is 1.60. The van der Waals surface area contributed by atoms with E-state index in [0.29, 0.717) is 11.5 Å². The van der Waals surface area contributed by atoms with Gasteiger partial charge in [-0.25, -0.2) is 4.79 Å². The van der Waals surface area contributed by atoms with E-state index in [4.69, 9.17) is 14.2 Å². The van der Waals surface area contributed by atoms with Crippen LogP contribution >= 0.6 is 15.9 Å². The molecule has 0 N–H and O–H groups in total. The molecule has 122 valence electrons. The van der Waals surface area contributed by atoms with E-state index in [1.165, 1.54) is 0 Å². The number of hydrogen-bond acceptors (Lipinski definition) is 4. The third-order valence-corrected chi connectivity index (χ3v) is 3.91. The number of hydrogen-bond donors (Lipinski definition) is 0. The zero-order valence-electron chi connectivity index (χ0n) is 13.0. The number of rotatable bonds is 5. The molecule has 0 bridgehead atoms. The number of carbonyl (C=O) groups excluding carboxylic acids is 1. The van der Waals surface area contributed by atoms with E-state index in [0.717, 1.165) is 21.0 Å². The van der Waals surface area contributed by atoms with Crippen LogP contribution in [0.25, 0.3) is 10.8 Å². The number of benzene rings is 3. The zero-order valence-corrected chi connectivity index (χ0v) is 14.6. The molecule has 0 radical (unpaired) electrons. The van der Waals surface area contributed by atoms with Crippen molar-refractivity contribution in [2.75, 3.05) is 13.7 Å². The normalized spacial score (nSPS) is 10.4. The van der Waals surface area contributed by atoms with Crippen molar-refractivity contribution in [2.45, 2.75) is 0 Å². The number of fused-ring (bicyclic) bond motifs is 1. The minimum atomic E-state index is -0.456. The maximum absolute atomic E-state index is 11.9. The second-order valence-electron chi connectivity index (χ2n) is 5.09. The molecule has 0 spiro atoms. The summed E-state index contributed by atoms with van der Waals surface area (Å²) in [5.74, 6) is 1.35. The second-order valence-corrected chi connectivity index (χ2v) is 6.01. The van der Waals surface area contributed by atoms with Gasteiger partial charge in [-0.3, -0.25) is 0 Å². The first-order chi connectivity index (χ1) is 11.6. The van der Waals surface area contributed by atoms with Crippen molar-refractivity contribution in [3.8, 4) is 17.2 Å². The molecule has 4 nitrogen and oxygen atoms in total. The largest absolute Gasteiger partial charge is 0.497 e. The highest BCUT2D eigenvalue weighted by molar-refractivity contribution is 9.10. The van der Waals surface area contributed by atoms with Crippen LogP contribution in [-0.4, -0.2) is 19.7 Å². The molecule has 3 rings (SSSR count). The van der Waals surface area contributed by atoms with Crippen molar-refractivity contribution >= 4 is 32.7 Å². The first kappa shape index (κ1) is 16.3. The SMILES string of the molecule is COc1ccc(OCC(=O)Oc2ccc3cc(Br)ccc3c2)cc1. The quantitative estimate of drug-likeness (QED) is 0.474. The molecule has 0 saturated heterocycles. The molecule has 0 amide bonds. The fraction of sp³-hybridized carbons (Fsp3) is 0.105. The highest BCUT2D eigenvalue weighted by atomic mass is 79.9. The van der Waals surface area contributed by atoms with Crippen molar-refractivity contribution in [3.05, 3.63) is 65.1 Å². The average molecular weight is 387 g/mol. The van der Waals surface area contributed by atoms with Gasteiger partial charge in [0.25, 0.3) is 0 Å². The minimum Gasteiger partial charge on any atom is -0.497 e. The van der Waals surface area contributed by atoms with E-state index in [1.807, 2.05) is 30.3 Å². The lowest BCUT2D eigenvalue weighted by atomic mass is 10.1. The Morgan fingerprint density at radius 1 is 0.875 bits per heavy atom. The molecular formula is C19H15BrO4. The fourth-order valence-electron chi connectivity index (χ4n) is 2.23. The van der Waals surface area contributed by atoms with Gasteiger partial charge in [0, 0.05) is 4.47 Å². The van der Waals surface area contributed by atoms with Gasteiger partial charge >= 0.3 is 5.97 Å². The molecule has 0 aliphatic heterocycles. The maximum Gasteiger partial charge on any atom is 0.349 e. The standard InChI is InChI=1S/C19H15BrO4/c1-22-16-6-8-17(9-7-16)23-12-19(21)24-18-5-3-13-10-15(20)4-2-14(13)11-18/h2-11H,12H2,1H3. The van der Waals surface area contributed by atoms with Crippen LogP contribution in [0, 0.1) is 0 Å². The number of esters is 1. The van der Waals surface area contributed by atoms with E-state index >= 15 is 0 Å². The minimum absolute atomic E-state index is 0.162. The van der Waals surface area contributed by atoms with Gasteiger partial charge < -0.3 is 14.2 Å². The smallest absolute Gasteiger partial charge is 0.349 e. The summed E-state index contributed by atoms with van der Waals surface area (Å²) in [6.45, 7) is -0.162. The van der Waals surface area contributed by atoms with E-state index in [-0.39, 0.29) is 6.61 Å². The molecule has 0 heterocycles. The molecule has 3 aromatic rings. The summed E-state index contributed by atoms with van der Waals surface area (Å²) >= 11 is 3.43. The lowest BCUT2D eigenvalue weighted by molar-refractivity contribution is -0.136. The summed E-state index contributed by atoms with van der Waals surface area (Å²) in [6.07, 6.45) is 0. The Morgan fingerprint density at radius 3 is 2.25 bits per heavy atom.